The lowest BCUT2D eigenvalue weighted by molar-refractivity contribution is 0.121. The van der Waals surface area contributed by atoms with Crippen LogP contribution in [-0.2, 0) is 11.2 Å². The lowest BCUT2D eigenvalue weighted by Crippen LogP contribution is -2.24. The largest absolute Gasteiger partial charge is 0.380 e. The van der Waals surface area contributed by atoms with Crippen LogP contribution in [0.1, 0.15) is 38.9 Å². The normalized spacial score (nSPS) is 18.6. The highest BCUT2D eigenvalue weighted by molar-refractivity contribution is 5.50. The van der Waals surface area contributed by atoms with Crippen LogP contribution >= 0.6 is 0 Å². The Labute approximate surface area is 121 Å². The van der Waals surface area contributed by atoms with Crippen molar-refractivity contribution < 1.29 is 4.74 Å². The summed E-state index contributed by atoms with van der Waals surface area (Å²) in [5, 5.41) is 3.37. The zero-order valence-electron chi connectivity index (χ0n) is 12.9. The molecule has 1 aromatic heterocycles. The van der Waals surface area contributed by atoms with E-state index in [9.17, 15) is 0 Å². The van der Waals surface area contributed by atoms with Crippen molar-refractivity contribution in [3.63, 3.8) is 0 Å². The minimum Gasteiger partial charge on any atom is -0.380 e. The molecule has 1 aromatic rings. The Kier molecular flexibility index (Phi) is 5.59. The molecule has 2 rings (SSSR count). The summed E-state index contributed by atoms with van der Waals surface area (Å²) in [6.45, 7) is 7.20. The van der Waals surface area contributed by atoms with Gasteiger partial charge in [-0.3, -0.25) is 0 Å². The van der Waals surface area contributed by atoms with Crippen molar-refractivity contribution in [3.8, 4) is 0 Å². The molecule has 1 atom stereocenters. The second-order valence-corrected chi connectivity index (χ2v) is 5.30. The molecule has 0 spiro atoms. The fraction of sp³-hybridized carbons (Fsp3) is 0.733. The van der Waals surface area contributed by atoms with Gasteiger partial charge in [0.15, 0.2) is 0 Å². The van der Waals surface area contributed by atoms with Crippen LogP contribution in [-0.4, -0.2) is 42.8 Å². The van der Waals surface area contributed by atoms with Crippen LogP contribution in [0.4, 0.5) is 11.6 Å². The van der Waals surface area contributed by atoms with Gasteiger partial charge in [-0.15, -0.1) is 0 Å². The molecule has 5 nitrogen and oxygen atoms in total. The molecule has 0 radical (unpaired) electrons. The molecule has 1 unspecified atom stereocenters. The number of aromatic nitrogens is 2. The fourth-order valence-electron chi connectivity index (χ4n) is 2.45. The molecule has 1 N–H and O–H groups in total. The van der Waals surface area contributed by atoms with Gasteiger partial charge < -0.3 is 15.0 Å². The Morgan fingerprint density at radius 3 is 2.85 bits per heavy atom. The van der Waals surface area contributed by atoms with E-state index in [-0.39, 0.29) is 0 Å². The number of hydrogen-bond acceptors (Lipinski definition) is 5. The molecule has 0 amide bonds. The molecule has 0 aliphatic carbocycles. The summed E-state index contributed by atoms with van der Waals surface area (Å²) in [5.74, 6) is 2.91. The van der Waals surface area contributed by atoms with Gasteiger partial charge in [-0.05, 0) is 19.3 Å². The van der Waals surface area contributed by atoms with Crippen molar-refractivity contribution in [1.29, 1.82) is 0 Å². The highest BCUT2D eigenvalue weighted by atomic mass is 16.5. The number of ether oxygens (including phenoxy) is 1. The SMILES string of the molecule is CCCNc1cc(N2CCC(OC)C2)nc(CCC)n1. The maximum absolute atomic E-state index is 5.44. The van der Waals surface area contributed by atoms with Gasteiger partial charge in [0, 0.05) is 39.2 Å². The summed E-state index contributed by atoms with van der Waals surface area (Å²) in [7, 11) is 1.78. The average molecular weight is 278 g/mol. The maximum atomic E-state index is 5.44. The van der Waals surface area contributed by atoms with Crippen LogP contribution in [0.2, 0.25) is 0 Å². The van der Waals surface area contributed by atoms with Crippen LogP contribution in [0.25, 0.3) is 0 Å². The first-order chi connectivity index (χ1) is 9.76. The zero-order chi connectivity index (χ0) is 14.4. The summed E-state index contributed by atoms with van der Waals surface area (Å²) < 4.78 is 5.44. The number of rotatable bonds is 7. The number of nitrogens with zero attached hydrogens (tertiary/aromatic N) is 3. The average Bonchev–Trinajstić information content (AvgIpc) is 2.94. The molecule has 5 heteroatoms. The van der Waals surface area contributed by atoms with Gasteiger partial charge in [0.25, 0.3) is 0 Å². The summed E-state index contributed by atoms with van der Waals surface area (Å²) in [6.07, 6.45) is 4.49. The minimum absolute atomic E-state index is 0.326. The first-order valence-electron chi connectivity index (χ1n) is 7.66. The third-order valence-electron chi connectivity index (χ3n) is 3.59. The Morgan fingerprint density at radius 1 is 1.35 bits per heavy atom. The van der Waals surface area contributed by atoms with Crippen molar-refractivity contribution in [2.24, 2.45) is 0 Å². The Hall–Kier alpha value is -1.36. The third kappa shape index (κ3) is 3.82. The van der Waals surface area contributed by atoms with Crippen molar-refractivity contribution in [1.82, 2.24) is 9.97 Å². The van der Waals surface area contributed by atoms with Gasteiger partial charge in [0.05, 0.1) is 6.10 Å². The van der Waals surface area contributed by atoms with Gasteiger partial charge in [0.2, 0.25) is 0 Å². The Bertz CT molecular complexity index is 424. The van der Waals surface area contributed by atoms with Gasteiger partial charge in [-0.2, -0.15) is 0 Å². The van der Waals surface area contributed by atoms with Gasteiger partial charge in [0.1, 0.15) is 17.5 Å². The van der Waals surface area contributed by atoms with Gasteiger partial charge >= 0.3 is 0 Å². The summed E-state index contributed by atoms with van der Waals surface area (Å²) in [6, 6.07) is 2.06. The highest BCUT2D eigenvalue weighted by Gasteiger charge is 2.23. The van der Waals surface area contributed by atoms with Crippen LogP contribution in [0.15, 0.2) is 6.07 Å². The molecule has 0 saturated carbocycles. The zero-order valence-corrected chi connectivity index (χ0v) is 12.9. The minimum atomic E-state index is 0.326. The van der Waals surface area contributed by atoms with Crippen LogP contribution in [0.3, 0.4) is 0 Å². The first-order valence-corrected chi connectivity index (χ1v) is 7.66. The molecule has 112 valence electrons. The van der Waals surface area contributed by atoms with Gasteiger partial charge in [-0.25, -0.2) is 9.97 Å². The van der Waals surface area contributed by atoms with E-state index in [2.05, 4.69) is 35.1 Å². The van der Waals surface area contributed by atoms with Crippen molar-refractivity contribution in [2.75, 3.05) is 37.0 Å². The lowest BCUT2D eigenvalue weighted by Gasteiger charge is -2.19. The molecule has 1 aliphatic rings. The number of hydrogen-bond donors (Lipinski definition) is 1. The molecule has 1 fully saturated rings. The highest BCUT2D eigenvalue weighted by Crippen LogP contribution is 2.22. The number of nitrogens with one attached hydrogen (secondary N) is 1. The van der Waals surface area contributed by atoms with E-state index in [0.717, 1.165) is 62.8 Å². The van der Waals surface area contributed by atoms with E-state index >= 15 is 0 Å². The molecule has 0 aromatic carbocycles. The van der Waals surface area contributed by atoms with Crippen LogP contribution < -0.4 is 10.2 Å². The van der Waals surface area contributed by atoms with E-state index in [4.69, 9.17) is 9.72 Å². The molecular weight excluding hydrogens is 252 g/mol. The Morgan fingerprint density at radius 2 is 2.20 bits per heavy atom. The van der Waals surface area contributed by atoms with Crippen molar-refractivity contribution in [2.45, 2.75) is 45.6 Å². The number of methoxy groups -OCH3 is 1. The monoisotopic (exact) mass is 278 g/mol. The number of anilines is 2. The maximum Gasteiger partial charge on any atom is 0.134 e. The van der Waals surface area contributed by atoms with E-state index in [1.54, 1.807) is 7.11 Å². The standard InChI is InChI=1S/C15H26N4O/c1-4-6-13-17-14(16-8-5-2)10-15(18-13)19-9-7-12(11-19)20-3/h10,12H,4-9,11H2,1-3H3,(H,16,17,18). The second-order valence-electron chi connectivity index (χ2n) is 5.30. The summed E-state index contributed by atoms with van der Waals surface area (Å²) in [4.78, 5) is 11.6. The van der Waals surface area contributed by atoms with Gasteiger partial charge in [-0.1, -0.05) is 13.8 Å². The van der Waals surface area contributed by atoms with Crippen LogP contribution in [0, 0.1) is 0 Å². The first kappa shape index (κ1) is 15.0. The Balaban J connectivity index is 2.15. The predicted octanol–water partition coefficient (Wildman–Crippen LogP) is 2.48. The van der Waals surface area contributed by atoms with E-state index < -0.39 is 0 Å². The predicted molar refractivity (Wildman–Crippen MR) is 82.4 cm³/mol. The fourth-order valence-corrected chi connectivity index (χ4v) is 2.45. The smallest absolute Gasteiger partial charge is 0.134 e. The van der Waals surface area contributed by atoms with Crippen molar-refractivity contribution in [3.05, 3.63) is 11.9 Å². The molecule has 20 heavy (non-hydrogen) atoms. The molecule has 1 saturated heterocycles. The van der Waals surface area contributed by atoms with E-state index in [1.807, 2.05) is 0 Å². The quantitative estimate of drug-likeness (QED) is 0.830. The summed E-state index contributed by atoms with van der Waals surface area (Å²) in [5.41, 5.74) is 0. The van der Waals surface area contributed by atoms with Crippen molar-refractivity contribution >= 4 is 11.6 Å². The third-order valence-corrected chi connectivity index (χ3v) is 3.59. The number of aryl methyl sites for hydroxylation is 1. The summed E-state index contributed by atoms with van der Waals surface area (Å²) >= 11 is 0. The topological polar surface area (TPSA) is 50.3 Å². The molecule has 0 bridgehead atoms. The lowest BCUT2D eigenvalue weighted by atomic mass is 10.3. The van der Waals surface area contributed by atoms with E-state index in [0.29, 0.717) is 6.10 Å². The second kappa shape index (κ2) is 7.43. The molecule has 2 heterocycles. The van der Waals surface area contributed by atoms with E-state index in [1.165, 1.54) is 0 Å². The van der Waals surface area contributed by atoms with Crippen LogP contribution in [0.5, 0.6) is 0 Å². The molecular formula is C15H26N4O. The molecule has 1 aliphatic heterocycles.